The molecular formula is C8H8F2O3S. The minimum atomic E-state index is -3.95. The fourth-order valence-corrected chi connectivity index (χ4v) is 1.70. The molecule has 1 aromatic carbocycles. The Labute approximate surface area is 80.4 Å². The van der Waals surface area contributed by atoms with Gasteiger partial charge in [0.15, 0.2) is 0 Å². The van der Waals surface area contributed by atoms with Crippen LogP contribution in [0.3, 0.4) is 0 Å². The van der Waals surface area contributed by atoms with Crippen LogP contribution in [0, 0.1) is 5.82 Å². The number of hydrogen-bond acceptors (Lipinski definition) is 3. The van der Waals surface area contributed by atoms with Crippen molar-refractivity contribution in [1.82, 2.24) is 0 Å². The summed E-state index contributed by atoms with van der Waals surface area (Å²) in [4.78, 5) is -0.188. The minimum absolute atomic E-state index is 0.188. The third-order valence-electron chi connectivity index (χ3n) is 1.42. The van der Waals surface area contributed by atoms with Crippen LogP contribution < -0.4 is 0 Å². The summed E-state index contributed by atoms with van der Waals surface area (Å²) in [6, 6.07) is 4.10. The van der Waals surface area contributed by atoms with Crippen molar-refractivity contribution in [1.29, 1.82) is 0 Å². The van der Waals surface area contributed by atoms with Gasteiger partial charge >= 0.3 is 0 Å². The zero-order valence-electron chi connectivity index (χ0n) is 7.11. The van der Waals surface area contributed by atoms with Crippen molar-refractivity contribution in [3.63, 3.8) is 0 Å². The SMILES string of the molecule is O=S(=O)(OCCF)c1ccc(F)cc1. The lowest BCUT2D eigenvalue weighted by molar-refractivity contribution is 0.277. The van der Waals surface area contributed by atoms with Crippen LogP contribution >= 0.6 is 0 Å². The highest BCUT2D eigenvalue weighted by molar-refractivity contribution is 7.86. The molecule has 1 rings (SSSR count). The van der Waals surface area contributed by atoms with Crippen LogP contribution in [-0.4, -0.2) is 21.7 Å². The van der Waals surface area contributed by atoms with Gasteiger partial charge in [-0.15, -0.1) is 0 Å². The van der Waals surface area contributed by atoms with Crippen LogP contribution in [0.15, 0.2) is 29.2 Å². The zero-order chi connectivity index (χ0) is 10.6. The number of rotatable bonds is 4. The van der Waals surface area contributed by atoms with E-state index in [1.165, 1.54) is 0 Å². The molecule has 6 heteroatoms. The van der Waals surface area contributed by atoms with E-state index in [0.29, 0.717) is 0 Å². The largest absolute Gasteiger partial charge is 0.297 e. The van der Waals surface area contributed by atoms with E-state index < -0.39 is 29.2 Å². The first kappa shape index (κ1) is 11.1. The molecule has 0 aliphatic carbocycles. The average molecular weight is 222 g/mol. The molecule has 0 aliphatic rings. The number of benzene rings is 1. The first-order chi connectivity index (χ1) is 6.56. The van der Waals surface area contributed by atoms with E-state index in [4.69, 9.17) is 0 Å². The Balaban J connectivity index is 2.87. The van der Waals surface area contributed by atoms with Gasteiger partial charge < -0.3 is 0 Å². The highest BCUT2D eigenvalue weighted by Gasteiger charge is 2.14. The molecule has 0 fully saturated rings. The van der Waals surface area contributed by atoms with E-state index in [1.807, 2.05) is 0 Å². The van der Waals surface area contributed by atoms with Crippen LogP contribution in [0.25, 0.3) is 0 Å². The van der Waals surface area contributed by atoms with Gasteiger partial charge in [-0.2, -0.15) is 8.42 Å². The molecule has 0 atom stereocenters. The molecule has 0 aliphatic heterocycles. The van der Waals surface area contributed by atoms with Gasteiger partial charge in [0.25, 0.3) is 10.1 Å². The Kier molecular flexibility index (Phi) is 3.54. The van der Waals surface area contributed by atoms with Gasteiger partial charge in [0.05, 0.1) is 11.5 Å². The lowest BCUT2D eigenvalue weighted by atomic mass is 10.4. The summed E-state index contributed by atoms with van der Waals surface area (Å²) in [5, 5.41) is 0. The molecule has 78 valence electrons. The second-order valence-corrected chi connectivity index (χ2v) is 4.03. The van der Waals surface area contributed by atoms with Crippen molar-refractivity contribution in [2.24, 2.45) is 0 Å². The molecule has 0 saturated heterocycles. The molecule has 3 nitrogen and oxygen atoms in total. The number of hydrogen-bond donors (Lipinski definition) is 0. The van der Waals surface area contributed by atoms with E-state index in [2.05, 4.69) is 4.18 Å². The van der Waals surface area contributed by atoms with Crippen molar-refractivity contribution in [2.45, 2.75) is 4.90 Å². The second kappa shape index (κ2) is 4.47. The lowest BCUT2D eigenvalue weighted by Crippen LogP contribution is -2.08. The predicted molar refractivity (Wildman–Crippen MR) is 45.5 cm³/mol. The Morgan fingerprint density at radius 3 is 2.29 bits per heavy atom. The van der Waals surface area contributed by atoms with Gasteiger partial charge in [0.2, 0.25) is 0 Å². The van der Waals surface area contributed by atoms with Crippen LogP contribution in [0.2, 0.25) is 0 Å². The summed E-state index contributed by atoms with van der Waals surface area (Å²) >= 11 is 0. The number of halogens is 2. The smallest absolute Gasteiger partial charge is 0.264 e. The molecule has 14 heavy (non-hydrogen) atoms. The monoisotopic (exact) mass is 222 g/mol. The van der Waals surface area contributed by atoms with Crippen molar-refractivity contribution >= 4 is 10.1 Å². The van der Waals surface area contributed by atoms with Crippen molar-refractivity contribution < 1.29 is 21.4 Å². The maximum Gasteiger partial charge on any atom is 0.297 e. The average Bonchev–Trinajstić information content (AvgIpc) is 2.16. The predicted octanol–water partition coefficient (Wildman–Crippen LogP) is 1.50. The van der Waals surface area contributed by atoms with E-state index in [1.54, 1.807) is 0 Å². The molecule has 0 spiro atoms. The first-order valence-corrected chi connectivity index (χ1v) is 5.18. The molecule has 0 unspecified atom stereocenters. The van der Waals surface area contributed by atoms with E-state index >= 15 is 0 Å². The van der Waals surface area contributed by atoms with Gasteiger partial charge in [-0.25, -0.2) is 8.78 Å². The van der Waals surface area contributed by atoms with Crippen molar-refractivity contribution in [3.8, 4) is 0 Å². The van der Waals surface area contributed by atoms with Gasteiger partial charge in [-0.05, 0) is 24.3 Å². The Morgan fingerprint density at radius 2 is 1.79 bits per heavy atom. The molecule has 0 heterocycles. The topological polar surface area (TPSA) is 43.4 Å². The molecule has 1 aromatic rings. The fourth-order valence-electron chi connectivity index (χ4n) is 0.811. The molecule has 0 amide bonds. The minimum Gasteiger partial charge on any atom is -0.264 e. The zero-order valence-corrected chi connectivity index (χ0v) is 7.93. The summed E-state index contributed by atoms with van der Waals surface area (Å²) in [6.07, 6.45) is 0. The summed E-state index contributed by atoms with van der Waals surface area (Å²) in [6.45, 7) is -1.42. The standard InChI is InChI=1S/C8H8F2O3S/c9-5-6-13-14(11,12)8-3-1-7(10)2-4-8/h1-4H,5-6H2. The quantitative estimate of drug-likeness (QED) is 0.725. The van der Waals surface area contributed by atoms with Gasteiger partial charge in [0.1, 0.15) is 12.5 Å². The summed E-state index contributed by atoms with van der Waals surface area (Å²) in [5.41, 5.74) is 0. The Hall–Kier alpha value is -1.01. The summed E-state index contributed by atoms with van der Waals surface area (Å²) in [5.74, 6) is -0.547. The normalized spacial score (nSPS) is 11.6. The second-order valence-electron chi connectivity index (χ2n) is 2.42. The lowest BCUT2D eigenvalue weighted by Gasteiger charge is -2.02. The Bertz CT molecular complexity index is 386. The highest BCUT2D eigenvalue weighted by atomic mass is 32.2. The highest BCUT2D eigenvalue weighted by Crippen LogP contribution is 2.12. The molecule has 0 saturated carbocycles. The maximum atomic E-state index is 12.4. The fraction of sp³-hybridized carbons (Fsp3) is 0.250. The van der Waals surface area contributed by atoms with Gasteiger partial charge in [-0.3, -0.25) is 4.18 Å². The summed E-state index contributed by atoms with van der Waals surface area (Å²) < 4.78 is 50.7. The van der Waals surface area contributed by atoms with E-state index in [-0.39, 0.29) is 4.90 Å². The first-order valence-electron chi connectivity index (χ1n) is 3.77. The molecule has 0 bridgehead atoms. The van der Waals surface area contributed by atoms with Crippen LogP contribution in [0.4, 0.5) is 8.78 Å². The van der Waals surface area contributed by atoms with Crippen LogP contribution in [0.5, 0.6) is 0 Å². The van der Waals surface area contributed by atoms with Gasteiger partial charge in [-0.1, -0.05) is 0 Å². The molecule has 0 N–H and O–H groups in total. The molecule has 0 aromatic heterocycles. The molecule has 0 radical (unpaired) electrons. The molecular weight excluding hydrogens is 214 g/mol. The van der Waals surface area contributed by atoms with Crippen molar-refractivity contribution in [2.75, 3.05) is 13.3 Å². The van der Waals surface area contributed by atoms with Crippen molar-refractivity contribution in [3.05, 3.63) is 30.1 Å². The maximum absolute atomic E-state index is 12.4. The van der Waals surface area contributed by atoms with E-state index in [0.717, 1.165) is 24.3 Å². The van der Waals surface area contributed by atoms with Gasteiger partial charge in [0, 0.05) is 0 Å². The third kappa shape index (κ3) is 2.74. The van der Waals surface area contributed by atoms with Crippen LogP contribution in [0.1, 0.15) is 0 Å². The van der Waals surface area contributed by atoms with Crippen LogP contribution in [-0.2, 0) is 14.3 Å². The third-order valence-corrected chi connectivity index (χ3v) is 2.74. The number of alkyl halides is 1. The Morgan fingerprint density at radius 1 is 1.21 bits per heavy atom. The summed E-state index contributed by atoms with van der Waals surface area (Å²) in [7, 11) is -3.95. The van der Waals surface area contributed by atoms with E-state index in [9.17, 15) is 17.2 Å².